The molecule has 0 spiro atoms. The van der Waals surface area contributed by atoms with Crippen LogP contribution in [0.4, 0.5) is 4.79 Å². The summed E-state index contributed by atoms with van der Waals surface area (Å²) in [6.45, 7) is 11.3. The smallest absolute Gasteiger partial charge is 0.315 e. The molecule has 1 atom stereocenters. The van der Waals surface area contributed by atoms with E-state index in [-0.39, 0.29) is 6.03 Å². The van der Waals surface area contributed by atoms with E-state index < -0.39 is 0 Å². The molecule has 0 saturated carbocycles. The van der Waals surface area contributed by atoms with Crippen molar-refractivity contribution in [3.63, 3.8) is 0 Å². The molecule has 5 heteroatoms. The van der Waals surface area contributed by atoms with E-state index in [0.717, 1.165) is 24.2 Å². The first kappa shape index (κ1) is 21.7. The molecule has 2 rings (SSSR count). The van der Waals surface area contributed by atoms with Crippen molar-refractivity contribution in [1.82, 2.24) is 15.5 Å². The molecule has 5 nitrogen and oxygen atoms in total. The predicted molar refractivity (Wildman–Crippen MR) is 111 cm³/mol. The second-order valence-corrected chi connectivity index (χ2v) is 7.73. The third kappa shape index (κ3) is 7.51. The van der Waals surface area contributed by atoms with Crippen LogP contribution >= 0.6 is 0 Å². The Morgan fingerprint density at radius 3 is 2.37 bits per heavy atom. The zero-order valence-corrected chi connectivity index (χ0v) is 17.3. The highest BCUT2D eigenvalue weighted by Gasteiger charge is 2.23. The second-order valence-electron chi connectivity index (χ2n) is 7.73. The number of hydrogen-bond acceptors (Lipinski definition) is 3. The Balaban J connectivity index is 1.82. The van der Waals surface area contributed by atoms with Gasteiger partial charge in [-0.25, -0.2) is 4.79 Å². The lowest BCUT2D eigenvalue weighted by Gasteiger charge is -2.33. The van der Waals surface area contributed by atoms with Gasteiger partial charge in [-0.1, -0.05) is 51.0 Å². The van der Waals surface area contributed by atoms with Crippen LogP contribution in [0.1, 0.15) is 57.6 Å². The molecule has 1 heterocycles. The van der Waals surface area contributed by atoms with Crippen LogP contribution in [-0.2, 0) is 17.9 Å². The van der Waals surface area contributed by atoms with E-state index in [4.69, 9.17) is 4.74 Å². The maximum atomic E-state index is 12.3. The van der Waals surface area contributed by atoms with Crippen molar-refractivity contribution in [2.75, 3.05) is 26.2 Å². The summed E-state index contributed by atoms with van der Waals surface area (Å²) in [6.07, 6.45) is 5.20. The van der Waals surface area contributed by atoms with Crippen LogP contribution in [0, 0.1) is 5.92 Å². The molecule has 1 unspecified atom stereocenters. The average Bonchev–Trinajstić information content (AvgIpc) is 2.94. The van der Waals surface area contributed by atoms with Gasteiger partial charge in [0, 0.05) is 25.7 Å². The fourth-order valence-corrected chi connectivity index (χ4v) is 3.73. The summed E-state index contributed by atoms with van der Waals surface area (Å²) in [5.41, 5.74) is 2.23. The van der Waals surface area contributed by atoms with Crippen LogP contribution in [0.2, 0.25) is 0 Å². The number of hydrogen-bond donors (Lipinski definition) is 2. The van der Waals surface area contributed by atoms with Gasteiger partial charge in [0.1, 0.15) is 0 Å². The Kier molecular flexibility index (Phi) is 9.64. The van der Waals surface area contributed by atoms with Gasteiger partial charge in [-0.15, -0.1) is 0 Å². The van der Waals surface area contributed by atoms with Crippen molar-refractivity contribution >= 4 is 6.03 Å². The van der Waals surface area contributed by atoms with Crippen LogP contribution in [0.25, 0.3) is 0 Å². The first-order chi connectivity index (χ1) is 13.1. The number of likely N-dealkylation sites (tertiary alicyclic amines) is 1. The number of carbonyl (C=O) groups excluding carboxylic acids is 1. The molecular weight excluding hydrogens is 338 g/mol. The van der Waals surface area contributed by atoms with Crippen LogP contribution < -0.4 is 10.6 Å². The Bertz CT molecular complexity index is 554. The first-order valence-corrected chi connectivity index (χ1v) is 10.5. The molecule has 1 aliphatic rings. The largest absolute Gasteiger partial charge is 0.377 e. The normalized spacial score (nSPS) is 16.7. The van der Waals surface area contributed by atoms with Crippen molar-refractivity contribution in [2.24, 2.45) is 5.92 Å². The zero-order chi connectivity index (χ0) is 19.5. The van der Waals surface area contributed by atoms with Gasteiger partial charge in [0.15, 0.2) is 0 Å². The van der Waals surface area contributed by atoms with E-state index in [9.17, 15) is 4.79 Å². The molecule has 27 heavy (non-hydrogen) atoms. The van der Waals surface area contributed by atoms with E-state index in [1.807, 2.05) is 25.1 Å². The summed E-state index contributed by atoms with van der Waals surface area (Å²) in [6, 6.07) is 8.41. The standard InChI is InChI=1S/C22H37N3O2/c1-4-27-17-20-12-8-7-11-19(20)15-23-22(26)24-16-21(18(2)3)25-13-9-5-6-10-14-25/h7-8,11-12,18,21H,4-6,9-10,13-17H2,1-3H3,(H2,23,24,26). The van der Waals surface area contributed by atoms with Crippen molar-refractivity contribution in [1.29, 1.82) is 0 Å². The fraction of sp³-hybridized carbons (Fsp3) is 0.682. The van der Waals surface area contributed by atoms with Gasteiger partial charge in [0.2, 0.25) is 0 Å². The van der Waals surface area contributed by atoms with Gasteiger partial charge >= 0.3 is 6.03 Å². The molecule has 1 aromatic carbocycles. The van der Waals surface area contributed by atoms with E-state index in [2.05, 4.69) is 35.4 Å². The topological polar surface area (TPSA) is 53.6 Å². The highest BCUT2D eigenvalue weighted by atomic mass is 16.5. The second kappa shape index (κ2) is 12.0. The molecule has 2 N–H and O–H groups in total. The van der Waals surface area contributed by atoms with Crippen molar-refractivity contribution in [3.05, 3.63) is 35.4 Å². The van der Waals surface area contributed by atoms with E-state index in [1.54, 1.807) is 0 Å². The Morgan fingerprint density at radius 1 is 1.07 bits per heavy atom. The Morgan fingerprint density at radius 2 is 1.74 bits per heavy atom. The lowest BCUT2D eigenvalue weighted by atomic mass is 10.0. The maximum absolute atomic E-state index is 12.3. The first-order valence-electron chi connectivity index (χ1n) is 10.5. The summed E-state index contributed by atoms with van der Waals surface area (Å²) in [5.74, 6) is 0.523. The van der Waals surface area contributed by atoms with Gasteiger partial charge in [0.05, 0.1) is 6.61 Å². The number of nitrogens with zero attached hydrogens (tertiary/aromatic N) is 1. The summed E-state index contributed by atoms with van der Waals surface area (Å²) >= 11 is 0. The number of benzene rings is 1. The van der Waals surface area contributed by atoms with Crippen LogP contribution in [0.15, 0.2) is 24.3 Å². The molecule has 2 amide bonds. The molecule has 1 saturated heterocycles. The molecule has 0 aliphatic carbocycles. The minimum absolute atomic E-state index is 0.0957. The molecule has 0 bridgehead atoms. The highest BCUT2D eigenvalue weighted by Crippen LogP contribution is 2.17. The maximum Gasteiger partial charge on any atom is 0.315 e. The summed E-state index contributed by atoms with van der Waals surface area (Å²) in [5, 5.41) is 6.09. The summed E-state index contributed by atoms with van der Waals surface area (Å²) < 4.78 is 5.52. The van der Waals surface area contributed by atoms with Crippen LogP contribution in [0.5, 0.6) is 0 Å². The van der Waals surface area contributed by atoms with E-state index in [0.29, 0.717) is 38.3 Å². The SMILES string of the molecule is CCOCc1ccccc1CNC(=O)NCC(C(C)C)N1CCCCCC1. The Labute approximate surface area is 164 Å². The van der Waals surface area contributed by atoms with Crippen molar-refractivity contribution in [2.45, 2.75) is 65.6 Å². The molecule has 1 fully saturated rings. The molecule has 1 aliphatic heterocycles. The van der Waals surface area contributed by atoms with Gasteiger partial charge in [-0.05, 0) is 49.9 Å². The van der Waals surface area contributed by atoms with Crippen LogP contribution in [-0.4, -0.2) is 43.2 Å². The van der Waals surface area contributed by atoms with Gasteiger partial charge < -0.3 is 15.4 Å². The molecule has 152 valence electrons. The number of urea groups is 1. The third-order valence-electron chi connectivity index (χ3n) is 5.37. The number of carbonyl (C=O) groups is 1. The van der Waals surface area contributed by atoms with Crippen LogP contribution in [0.3, 0.4) is 0 Å². The lowest BCUT2D eigenvalue weighted by Crippen LogP contribution is -2.49. The van der Waals surface area contributed by atoms with E-state index >= 15 is 0 Å². The van der Waals surface area contributed by atoms with Gasteiger partial charge in [-0.2, -0.15) is 0 Å². The minimum Gasteiger partial charge on any atom is -0.377 e. The number of nitrogens with one attached hydrogen (secondary N) is 2. The summed E-state index contributed by atoms with van der Waals surface area (Å²) in [4.78, 5) is 14.9. The highest BCUT2D eigenvalue weighted by molar-refractivity contribution is 5.73. The van der Waals surface area contributed by atoms with Crippen molar-refractivity contribution < 1.29 is 9.53 Å². The summed E-state index contributed by atoms with van der Waals surface area (Å²) in [7, 11) is 0. The minimum atomic E-state index is -0.0957. The number of ether oxygens (including phenoxy) is 1. The van der Waals surface area contributed by atoms with Gasteiger partial charge in [0.25, 0.3) is 0 Å². The van der Waals surface area contributed by atoms with Crippen molar-refractivity contribution in [3.8, 4) is 0 Å². The molecular formula is C22H37N3O2. The van der Waals surface area contributed by atoms with Gasteiger partial charge in [-0.3, -0.25) is 4.90 Å². The quantitative estimate of drug-likeness (QED) is 0.688. The predicted octanol–water partition coefficient (Wildman–Crippen LogP) is 3.92. The zero-order valence-electron chi connectivity index (χ0n) is 17.3. The number of amides is 2. The molecule has 1 aromatic rings. The number of rotatable bonds is 9. The Hall–Kier alpha value is -1.59. The molecule has 0 radical (unpaired) electrons. The third-order valence-corrected chi connectivity index (χ3v) is 5.37. The van der Waals surface area contributed by atoms with E-state index in [1.165, 1.54) is 25.7 Å². The fourth-order valence-electron chi connectivity index (χ4n) is 3.73. The average molecular weight is 376 g/mol. The lowest BCUT2D eigenvalue weighted by molar-refractivity contribution is 0.133. The molecule has 0 aromatic heterocycles. The monoisotopic (exact) mass is 375 g/mol.